The first-order chi connectivity index (χ1) is 13.8. The minimum atomic E-state index is -3.57. The lowest BCUT2D eigenvalue weighted by atomic mass is 9.96. The molecule has 0 heterocycles. The minimum Gasteiger partial charge on any atom is -0.483 e. The highest BCUT2D eigenvalue weighted by molar-refractivity contribution is 7.89. The number of carbonyl (C=O) groups is 1. The third kappa shape index (κ3) is 6.19. The van der Waals surface area contributed by atoms with Crippen molar-refractivity contribution in [3.8, 4) is 5.75 Å². The average Bonchev–Trinajstić information content (AvgIpc) is 2.69. The number of hydrogen-bond acceptors (Lipinski definition) is 4. The number of amides is 1. The number of nitrogens with one attached hydrogen (secondary N) is 2. The van der Waals surface area contributed by atoms with Crippen LogP contribution in [-0.4, -0.2) is 27.0 Å². The number of rotatable bonds is 7. The molecule has 2 aromatic carbocycles. The van der Waals surface area contributed by atoms with E-state index in [-0.39, 0.29) is 23.5 Å². The molecular formula is C21H25ClN2O4S. The Morgan fingerprint density at radius 1 is 1.10 bits per heavy atom. The first kappa shape index (κ1) is 21.6. The fourth-order valence-electron chi connectivity index (χ4n) is 3.33. The smallest absolute Gasteiger partial charge is 0.262 e. The van der Waals surface area contributed by atoms with Gasteiger partial charge in [-0.05, 0) is 67.8 Å². The number of sulfonamides is 1. The van der Waals surface area contributed by atoms with E-state index in [2.05, 4.69) is 10.0 Å². The van der Waals surface area contributed by atoms with Crippen molar-refractivity contribution < 1.29 is 17.9 Å². The highest BCUT2D eigenvalue weighted by atomic mass is 35.5. The summed E-state index contributed by atoms with van der Waals surface area (Å²) in [5.74, 6) is 0.148. The Morgan fingerprint density at radius 3 is 2.45 bits per heavy atom. The summed E-state index contributed by atoms with van der Waals surface area (Å²) >= 11 is 5.82. The maximum Gasteiger partial charge on any atom is 0.262 e. The zero-order chi connectivity index (χ0) is 20.9. The van der Waals surface area contributed by atoms with E-state index in [0.29, 0.717) is 22.0 Å². The highest BCUT2D eigenvalue weighted by Gasteiger charge is 2.22. The van der Waals surface area contributed by atoms with Gasteiger partial charge in [0.1, 0.15) is 5.75 Å². The van der Waals surface area contributed by atoms with Crippen molar-refractivity contribution in [2.24, 2.45) is 0 Å². The van der Waals surface area contributed by atoms with Gasteiger partial charge in [-0.25, -0.2) is 13.1 Å². The average molecular weight is 437 g/mol. The van der Waals surface area contributed by atoms with Crippen molar-refractivity contribution in [2.75, 3.05) is 11.9 Å². The Kier molecular flexibility index (Phi) is 7.16. The van der Waals surface area contributed by atoms with Gasteiger partial charge in [0.05, 0.1) is 4.90 Å². The van der Waals surface area contributed by atoms with Crippen molar-refractivity contribution in [3.05, 3.63) is 53.1 Å². The second-order valence-corrected chi connectivity index (χ2v) is 9.38. The summed E-state index contributed by atoms with van der Waals surface area (Å²) < 4.78 is 33.6. The van der Waals surface area contributed by atoms with Crippen LogP contribution < -0.4 is 14.8 Å². The van der Waals surface area contributed by atoms with Crippen molar-refractivity contribution in [2.45, 2.75) is 50.0 Å². The van der Waals surface area contributed by atoms with E-state index < -0.39 is 10.0 Å². The topological polar surface area (TPSA) is 84.5 Å². The van der Waals surface area contributed by atoms with Crippen molar-refractivity contribution in [3.63, 3.8) is 0 Å². The molecule has 2 aromatic rings. The van der Waals surface area contributed by atoms with Gasteiger partial charge in [0.2, 0.25) is 10.0 Å². The molecule has 1 fully saturated rings. The molecule has 1 aliphatic rings. The van der Waals surface area contributed by atoms with Gasteiger partial charge in [-0.2, -0.15) is 0 Å². The summed E-state index contributed by atoms with van der Waals surface area (Å²) in [6, 6.07) is 11.4. The Balaban J connectivity index is 1.58. The summed E-state index contributed by atoms with van der Waals surface area (Å²) in [7, 11) is -3.57. The molecule has 3 rings (SSSR count). The van der Waals surface area contributed by atoms with Gasteiger partial charge in [0.25, 0.3) is 5.91 Å². The van der Waals surface area contributed by atoms with E-state index in [1.165, 1.54) is 6.07 Å². The standard InChI is InChI=1S/C21H25ClN2O4S/c1-15-13-19(29(26,27)24-18-5-3-2-4-6-18)11-12-20(15)28-14-21(25)23-17-9-7-16(22)8-10-17/h7-13,18,24H,2-6,14H2,1H3,(H,23,25). The van der Waals surface area contributed by atoms with Crippen LogP contribution in [0.5, 0.6) is 5.75 Å². The van der Waals surface area contributed by atoms with Crippen molar-refractivity contribution in [1.29, 1.82) is 0 Å². The van der Waals surface area contributed by atoms with Crippen LogP contribution in [0.1, 0.15) is 37.7 Å². The molecule has 156 valence electrons. The van der Waals surface area contributed by atoms with Crippen molar-refractivity contribution >= 4 is 33.2 Å². The largest absolute Gasteiger partial charge is 0.483 e. The number of anilines is 1. The molecule has 0 saturated heterocycles. The van der Waals surface area contributed by atoms with Crippen LogP contribution >= 0.6 is 11.6 Å². The molecule has 0 aromatic heterocycles. The summed E-state index contributed by atoms with van der Waals surface area (Å²) in [5.41, 5.74) is 1.27. The molecule has 1 saturated carbocycles. The number of carbonyl (C=O) groups excluding carboxylic acids is 1. The zero-order valence-corrected chi connectivity index (χ0v) is 17.9. The quantitative estimate of drug-likeness (QED) is 0.678. The number of aryl methyl sites for hydroxylation is 1. The van der Waals surface area contributed by atoms with Crippen LogP contribution in [0.2, 0.25) is 5.02 Å². The molecule has 29 heavy (non-hydrogen) atoms. The van der Waals surface area contributed by atoms with Gasteiger partial charge in [-0.15, -0.1) is 0 Å². The fraction of sp³-hybridized carbons (Fsp3) is 0.381. The van der Waals surface area contributed by atoms with Crippen LogP contribution in [0.15, 0.2) is 47.4 Å². The SMILES string of the molecule is Cc1cc(S(=O)(=O)NC2CCCCC2)ccc1OCC(=O)Nc1ccc(Cl)cc1. The van der Waals surface area contributed by atoms with E-state index in [1.807, 2.05) is 0 Å². The monoisotopic (exact) mass is 436 g/mol. The first-order valence-corrected chi connectivity index (χ1v) is 11.5. The zero-order valence-electron chi connectivity index (χ0n) is 16.3. The number of halogens is 1. The Morgan fingerprint density at radius 2 is 1.79 bits per heavy atom. The molecule has 0 radical (unpaired) electrons. The van der Waals surface area contributed by atoms with E-state index in [4.69, 9.17) is 16.3 Å². The Bertz CT molecular complexity index is 955. The summed E-state index contributed by atoms with van der Waals surface area (Å²) in [6.07, 6.45) is 5.02. The lowest BCUT2D eigenvalue weighted by molar-refractivity contribution is -0.118. The van der Waals surface area contributed by atoms with Crippen LogP contribution in [-0.2, 0) is 14.8 Å². The van der Waals surface area contributed by atoms with Gasteiger partial charge < -0.3 is 10.1 Å². The Labute approximate surface area is 176 Å². The van der Waals surface area contributed by atoms with Gasteiger partial charge in [-0.1, -0.05) is 30.9 Å². The number of ether oxygens (including phenoxy) is 1. The lowest BCUT2D eigenvalue weighted by Gasteiger charge is -2.22. The molecule has 8 heteroatoms. The molecule has 0 unspecified atom stereocenters. The predicted molar refractivity (Wildman–Crippen MR) is 114 cm³/mol. The van der Waals surface area contributed by atoms with Crippen molar-refractivity contribution in [1.82, 2.24) is 4.72 Å². The highest BCUT2D eigenvalue weighted by Crippen LogP contribution is 2.24. The van der Waals surface area contributed by atoms with Crippen LogP contribution in [0, 0.1) is 6.92 Å². The maximum atomic E-state index is 12.6. The van der Waals surface area contributed by atoms with E-state index in [0.717, 1.165) is 32.1 Å². The third-order valence-corrected chi connectivity index (χ3v) is 6.64. The first-order valence-electron chi connectivity index (χ1n) is 9.65. The molecule has 0 aliphatic heterocycles. The van der Waals surface area contributed by atoms with E-state index in [1.54, 1.807) is 43.3 Å². The normalized spacial score (nSPS) is 15.1. The molecular weight excluding hydrogens is 412 g/mol. The molecule has 1 aliphatic carbocycles. The molecule has 2 N–H and O–H groups in total. The summed E-state index contributed by atoms with van der Waals surface area (Å²) in [5, 5.41) is 3.30. The van der Waals surface area contributed by atoms with Gasteiger partial charge in [0, 0.05) is 16.8 Å². The Hall–Kier alpha value is -2.09. The van der Waals surface area contributed by atoms with Crippen LogP contribution in [0.3, 0.4) is 0 Å². The minimum absolute atomic E-state index is 0.00143. The predicted octanol–water partition coefficient (Wildman–Crippen LogP) is 4.28. The second kappa shape index (κ2) is 9.61. The maximum absolute atomic E-state index is 12.6. The van der Waals surface area contributed by atoms with Gasteiger partial charge in [0.15, 0.2) is 6.61 Å². The van der Waals surface area contributed by atoms with Gasteiger partial charge >= 0.3 is 0 Å². The lowest BCUT2D eigenvalue weighted by Crippen LogP contribution is -2.36. The van der Waals surface area contributed by atoms with Crippen LogP contribution in [0.25, 0.3) is 0 Å². The molecule has 6 nitrogen and oxygen atoms in total. The van der Waals surface area contributed by atoms with Crippen LogP contribution in [0.4, 0.5) is 5.69 Å². The molecule has 1 amide bonds. The third-order valence-electron chi connectivity index (χ3n) is 4.87. The number of hydrogen-bond donors (Lipinski definition) is 2. The van der Waals surface area contributed by atoms with E-state index in [9.17, 15) is 13.2 Å². The molecule has 0 atom stereocenters. The fourth-order valence-corrected chi connectivity index (χ4v) is 4.85. The van der Waals surface area contributed by atoms with Gasteiger partial charge in [-0.3, -0.25) is 4.79 Å². The second-order valence-electron chi connectivity index (χ2n) is 7.23. The summed E-state index contributed by atoms with van der Waals surface area (Å²) in [6.45, 7) is 1.57. The molecule has 0 bridgehead atoms. The number of benzene rings is 2. The summed E-state index contributed by atoms with van der Waals surface area (Å²) in [4.78, 5) is 12.3. The van der Waals surface area contributed by atoms with E-state index >= 15 is 0 Å². The molecule has 0 spiro atoms.